The van der Waals surface area contributed by atoms with Gasteiger partial charge in [-0.05, 0) is 19.9 Å². The van der Waals surface area contributed by atoms with Gasteiger partial charge in [-0.1, -0.05) is 22.9 Å². The highest BCUT2D eigenvalue weighted by Crippen LogP contribution is 2.04. The summed E-state index contributed by atoms with van der Waals surface area (Å²) in [7, 11) is 1.99. The molecule has 1 nitrogen and oxygen atoms in total. The average molecular weight is 180 g/mol. The van der Waals surface area contributed by atoms with E-state index in [9.17, 15) is 0 Å². The van der Waals surface area contributed by atoms with Gasteiger partial charge in [0.05, 0.1) is 0 Å². The van der Waals surface area contributed by atoms with E-state index in [1.807, 2.05) is 7.05 Å². The molecule has 0 aromatic rings. The zero-order valence-electron chi connectivity index (χ0n) is 5.74. The Kier molecular flexibility index (Phi) is 4.57. The van der Waals surface area contributed by atoms with Crippen LogP contribution in [0.3, 0.4) is 0 Å². The van der Waals surface area contributed by atoms with Crippen molar-refractivity contribution in [1.82, 2.24) is 5.32 Å². The van der Waals surface area contributed by atoms with Gasteiger partial charge in [-0.3, -0.25) is 0 Å². The first kappa shape index (κ1) is 8.44. The molecule has 0 amide bonds. The maximum Gasteiger partial charge on any atom is 0.00717 e. The van der Waals surface area contributed by atoms with E-state index in [2.05, 4.69) is 35.1 Å². The minimum Gasteiger partial charge on any atom is -0.317 e. The van der Waals surface area contributed by atoms with Gasteiger partial charge in [-0.15, -0.1) is 0 Å². The molecule has 0 heterocycles. The Morgan fingerprint density at radius 2 is 2.00 bits per heavy atom. The number of hydrogen-bond acceptors (Lipinski definition) is 1. The van der Waals surface area contributed by atoms with Gasteiger partial charge in [0.15, 0.2) is 0 Å². The van der Waals surface area contributed by atoms with E-state index in [1.165, 1.54) is 0 Å². The molecule has 0 aromatic heterocycles. The molecule has 0 saturated carbocycles. The Balaban J connectivity index is 3.29. The fourth-order valence-electron chi connectivity index (χ4n) is 0.418. The molecule has 0 aliphatic heterocycles. The van der Waals surface area contributed by atoms with Crippen molar-refractivity contribution in [1.29, 1.82) is 0 Å². The Hall–Kier alpha value is 0.440. The molecular formula is C6H14BrN. The van der Waals surface area contributed by atoms with Crippen molar-refractivity contribution in [3.8, 4) is 0 Å². The lowest BCUT2D eigenvalue weighted by atomic mass is 10.1. The lowest BCUT2D eigenvalue weighted by Gasteiger charge is -2.15. The Morgan fingerprint density at radius 1 is 1.50 bits per heavy atom. The second-order valence-corrected chi connectivity index (χ2v) is 2.86. The van der Waals surface area contributed by atoms with Crippen molar-refractivity contribution in [3.05, 3.63) is 0 Å². The highest BCUT2D eigenvalue weighted by Gasteiger charge is 2.05. The van der Waals surface area contributed by atoms with Crippen molar-refractivity contribution < 1.29 is 0 Å². The van der Waals surface area contributed by atoms with Crippen LogP contribution in [0, 0.1) is 5.92 Å². The third kappa shape index (κ3) is 2.68. The largest absolute Gasteiger partial charge is 0.317 e. The lowest BCUT2D eigenvalue weighted by Crippen LogP contribution is -2.29. The van der Waals surface area contributed by atoms with E-state index >= 15 is 0 Å². The Labute approximate surface area is 60.0 Å². The summed E-state index contributed by atoms with van der Waals surface area (Å²) < 4.78 is 0. The molecule has 0 aliphatic rings. The van der Waals surface area contributed by atoms with Gasteiger partial charge in [-0.25, -0.2) is 0 Å². The van der Waals surface area contributed by atoms with Crippen LogP contribution < -0.4 is 5.32 Å². The van der Waals surface area contributed by atoms with Gasteiger partial charge in [0.2, 0.25) is 0 Å². The molecule has 0 fully saturated rings. The molecule has 1 N–H and O–H groups in total. The molecule has 0 aliphatic carbocycles. The van der Waals surface area contributed by atoms with E-state index in [-0.39, 0.29) is 0 Å². The van der Waals surface area contributed by atoms with Crippen LogP contribution in [0.2, 0.25) is 0 Å². The number of hydrogen-bond donors (Lipinski definition) is 1. The summed E-state index contributed by atoms with van der Waals surface area (Å²) in [5, 5.41) is 4.26. The molecule has 2 unspecified atom stereocenters. The third-order valence-corrected chi connectivity index (χ3v) is 2.57. The van der Waals surface area contributed by atoms with Crippen molar-refractivity contribution >= 4 is 15.9 Å². The fraction of sp³-hybridized carbons (Fsp3) is 1.00. The topological polar surface area (TPSA) is 12.0 Å². The van der Waals surface area contributed by atoms with E-state index in [0.29, 0.717) is 6.04 Å². The first-order valence-corrected chi connectivity index (χ1v) is 4.07. The summed E-state index contributed by atoms with van der Waals surface area (Å²) in [6.07, 6.45) is 0. The van der Waals surface area contributed by atoms with Crippen LogP contribution in [0.4, 0.5) is 0 Å². The molecule has 0 saturated heterocycles. The Bertz CT molecular complexity index is 48.5. The minimum atomic E-state index is 0.620. The molecule has 50 valence electrons. The molecule has 2 atom stereocenters. The van der Waals surface area contributed by atoms with Crippen LogP contribution in [0.15, 0.2) is 0 Å². The highest BCUT2D eigenvalue weighted by molar-refractivity contribution is 9.09. The number of nitrogens with one attached hydrogen (secondary N) is 1. The number of alkyl halides is 1. The van der Waals surface area contributed by atoms with Crippen LogP contribution in [-0.2, 0) is 0 Å². The standard InChI is InChI=1S/C6H14BrN/c1-5(4-7)6(2)8-3/h5-6,8H,4H2,1-3H3. The van der Waals surface area contributed by atoms with Crippen LogP contribution in [0.1, 0.15) is 13.8 Å². The summed E-state index contributed by atoms with van der Waals surface area (Å²) in [6, 6.07) is 0.620. The van der Waals surface area contributed by atoms with Crippen LogP contribution in [0.5, 0.6) is 0 Å². The third-order valence-electron chi connectivity index (χ3n) is 1.55. The summed E-state index contributed by atoms with van der Waals surface area (Å²) in [5.41, 5.74) is 0. The Morgan fingerprint density at radius 3 is 2.12 bits per heavy atom. The van der Waals surface area contributed by atoms with Gasteiger partial charge in [0.25, 0.3) is 0 Å². The molecule has 0 aromatic carbocycles. The SMILES string of the molecule is CNC(C)C(C)CBr. The minimum absolute atomic E-state index is 0.620. The normalized spacial score (nSPS) is 18.0. The second kappa shape index (κ2) is 4.33. The van der Waals surface area contributed by atoms with Crippen molar-refractivity contribution in [2.24, 2.45) is 5.92 Å². The van der Waals surface area contributed by atoms with Gasteiger partial charge in [-0.2, -0.15) is 0 Å². The van der Waals surface area contributed by atoms with E-state index in [1.54, 1.807) is 0 Å². The quantitative estimate of drug-likeness (QED) is 0.651. The van der Waals surface area contributed by atoms with Gasteiger partial charge < -0.3 is 5.32 Å². The molecule has 0 radical (unpaired) electrons. The van der Waals surface area contributed by atoms with Crippen molar-refractivity contribution in [3.63, 3.8) is 0 Å². The monoisotopic (exact) mass is 179 g/mol. The number of rotatable bonds is 3. The van der Waals surface area contributed by atoms with Crippen molar-refractivity contribution in [2.45, 2.75) is 19.9 Å². The van der Waals surface area contributed by atoms with Crippen LogP contribution in [-0.4, -0.2) is 18.4 Å². The van der Waals surface area contributed by atoms with E-state index in [4.69, 9.17) is 0 Å². The van der Waals surface area contributed by atoms with Gasteiger partial charge >= 0.3 is 0 Å². The molecule has 0 rings (SSSR count). The first-order chi connectivity index (χ1) is 3.72. The maximum absolute atomic E-state index is 3.42. The molecule has 0 spiro atoms. The summed E-state index contributed by atoms with van der Waals surface area (Å²) in [5.74, 6) is 0.722. The van der Waals surface area contributed by atoms with E-state index in [0.717, 1.165) is 11.2 Å². The molecular weight excluding hydrogens is 166 g/mol. The highest BCUT2D eigenvalue weighted by atomic mass is 79.9. The molecule has 2 heteroatoms. The smallest absolute Gasteiger partial charge is 0.00717 e. The van der Waals surface area contributed by atoms with E-state index < -0.39 is 0 Å². The maximum atomic E-state index is 3.42. The predicted octanol–water partition coefficient (Wildman–Crippen LogP) is 1.63. The first-order valence-electron chi connectivity index (χ1n) is 2.95. The number of halogens is 1. The van der Waals surface area contributed by atoms with Crippen LogP contribution >= 0.6 is 15.9 Å². The summed E-state index contributed by atoms with van der Waals surface area (Å²) in [4.78, 5) is 0. The average Bonchev–Trinajstić information content (AvgIpc) is 1.84. The predicted molar refractivity (Wildman–Crippen MR) is 41.5 cm³/mol. The zero-order chi connectivity index (χ0) is 6.57. The summed E-state index contributed by atoms with van der Waals surface area (Å²) >= 11 is 3.42. The fourth-order valence-corrected chi connectivity index (χ4v) is 0.979. The van der Waals surface area contributed by atoms with Crippen LogP contribution in [0.25, 0.3) is 0 Å². The molecule has 0 bridgehead atoms. The van der Waals surface area contributed by atoms with Crippen molar-refractivity contribution in [2.75, 3.05) is 12.4 Å². The van der Waals surface area contributed by atoms with Gasteiger partial charge in [0, 0.05) is 11.4 Å². The van der Waals surface area contributed by atoms with Gasteiger partial charge in [0.1, 0.15) is 0 Å². The lowest BCUT2D eigenvalue weighted by molar-refractivity contribution is 0.467. The summed E-state index contributed by atoms with van der Waals surface area (Å²) in [6.45, 7) is 4.40. The molecule has 8 heavy (non-hydrogen) atoms. The second-order valence-electron chi connectivity index (χ2n) is 2.21. The zero-order valence-corrected chi connectivity index (χ0v) is 7.33.